The molecule has 0 bridgehead atoms. The summed E-state index contributed by atoms with van der Waals surface area (Å²) in [5, 5.41) is 28.4. The average Bonchev–Trinajstić information content (AvgIpc) is 3.47. The number of nitrogens with one attached hydrogen (secondary N) is 1. The number of anilines is 1. The molecule has 4 aromatic rings. The van der Waals surface area contributed by atoms with Crippen LogP contribution >= 0.6 is 35.0 Å². The Hall–Kier alpha value is -3.49. The van der Waals surface area contributed by atoms with Crippen LogP contribution in [0.4, 0.5) is 5.82 Å². The van der Waals surface area contributed by atoms with Crippen molar-refractivity contribution in [2.75, 3.05) is 5.73 Å². The zero-order valence-corrected chi connectivity index (χ0v) is 18.5. The van der Waals surface area contributed by atoms with E-state index in [4.69, 9.17) is 28.9 Å². The fraction of sp³-hybridized carbons (Fsp3) is 0.125. The number of thioether (sulfide) groups is 1. The standard InChI is InChI=1S/C16H13Cl2N11O2S/c1-28-7-21-24-16(28)32-6-11-12(22-27-29(11)14-13(19)25-31-26-14)15(30)23-20-5-8-2-3-9(17)4-10(8)18/h2-5,7H,6H2,1H3,(H2,19,25)(H,23,30). The number of rotatable bonds is 7. The third-order valence-corrected chi connectivity index (χ3v) is 5.62. The fourth-order valence-electron chi connectivity index (χ4n) is 2.47. The van der Waals surface area contributed by atoms with Gasteiger partial charge in [0.2, 0.25) is 11.6 Å². The van der Waals surface area contributed by atoms with E-state index in [0.717, 1.165) is 0 Å². The summed E-state index contributed by atoms with van der Waals surface area (Å²) in [6, 6.07) is 4.89. The number of carbonyl (C=O) groups excluding carboxylic acids is 1. The van der Waals surface area contributed by atoms with Crippen LogP contribution in [0, 0.1) is 0 Å². The quantitative estimate of drug-likeness (QED) is 0.219. The molecule has 0 spiro atoms. The number of hydrogen-bond acceptors (Lipinski definition) is 11. The zero-order chi connectivity index (χ0) is 22.7. The Balaban J connectivity index is 1.58. The lowest BCUT2D eigenvalue weighted by Gasteiger charge is -2.05. The van der Waals surface area contributed by atoms with Gasteiger partial charge in [-0.3, -0.25) is 4.79 Å². The number of amides is 1. The molecule has 3 N–H and O–H groups in total. The largest absolute Gasteiger partial charge is 0.378 e. The monoisotopic (exact) mass is 493 g/mol. The van der Waals surface area contributed by atoms with Gasteiger partial charge in [0, 0.05) is 23.4 Å². The SMILES string of the molecule is Cn1cnnc1SCc1c(C(=O)NN=Cc2ccc(Cl)cc2Cl)nnn1-c1nonc1N. The maximum atomic E-state index is 12.8. The van der Waals surface area contributed by atoms with Crippen molar-refractivity contribution < 1.29 is 9.42 Å². The first-order valence-electron chi connectivity index (χ1n) is 8.72. The van der Waals surface area contributed by atoms with Crippen LogP contribution in [0.3, 0.4) is 0 Å². The van der Waals surface area contributed by atoms with Gasteiger partial charge >= 0.3 is 0 Å². The highest BCUT2D eigenvalue weighted by molar-refractivity contribution is 7.98. The maximum absolute atomic E-state index is 12.8. The predicted molar refractivity (Wildman–Crippen MR) is 116 cm³/mol. The predicted octanol–water partition coefficient (Wildman–Crippen LogP) is 1.72. The van der Waals surface area contributed by atoms with Crippen LogP contribution in [0.5, 0.6) is 0 Å². The Kier molecular flexibility index (Phi) is 6.34. The first kappa shape index (κ1) is 21.7. The van der Waals surface area contributed by atoms with Crippen LogP contribution in [0.15, 0.2) is 39.4 Å². The molecule has 0 saturated heterocycles. The Labute approximate surface area is 193 Å². The minimum absolute atomic E-state index is 0.00132. The van der Waals surface area contributed by atoms with Crippen molar-refractivity contribution >= 4 is 52.9 Å². The van der Waals surface area contributed by atoms with Gasteiger partial charge in [0.15, 0.2) is 10.9 Å². The van der Waals surface area contributed by atoms with E-state index >= 15 is 0 Å². The molecule has 0 atom stereocenters. The van der Waals surface area contributed by atoms with Crippen LogP contribution < -0.4 is 11.2 Å². The number of nitrogens with two attached hydrogens (primary N) is 1. The zero-order valence-electron chi connectivity index (χ0n) is 16.2. The van der Waals surface area contributed by atoms with E-state index in [1.807, 2.05) is 0 Å². The smallest absolute Gasteiger partial charge is 0.293 e. The molecular weight excluding hydrogens is 481 g/mol. The van der Waals surface area contributed by atoms with Crippen molar-refractivity contribution in [2.24, 2.45) is 12.1 Å². The molecule has 0 aliphatic rings. The molecule has 1 aromatic carbocycles. The van der Waals surface area contributed by atoms with Crippen molar-refractivity contribution in [3.8, 4) is 5.82 Å². The molecule has 0 radical (unpaired) electrons. The van der Waals surface area contributed by atoms with Crippen LogP contribution in [-0.4, -0.2) is 52.2 Å². The Morgan fingerprint density at radius 1 is 1.34 bits per heavy atom. The van der Waals surface area contributed by atoms with E-state index < -0.39 is 5.91 Å². The topological polar surface area (TPSA) is 168 Å². The van der Waals surface area contributed by atoms with Crippen LogP contribution in [0.25, 0.3) is 5.82 Å². The van der Waals surface area contributed by atoms with E-state index in [-0.39, 0.29) is 23.1 Å². The molecule has 0 aliphatic heterocycles. The van der Waals surface area contributed by atoms with Crippen molar-refractivity contribution in [2.45, 2.75) is 10.9 Å². The van der Waals surface area contributed by atoms with Crippen molar-refractivity contribution in [3.63, 3.8) is 0 Å². The lowest BCUT2D eigenvalue weighted by molar-refractivity contribution is 0.0949. The number of aryl methyl sites for hydroxylation is 1. The number of benzene rings is 1. The molecule has 0 aliphatic carbocycles. The molecule has 1 amide bonds. The van der Waals surface area contributed by atoms with Gasteiger partial charge in [-0.1, -0.05) is 46.2 Å². The van der Waals surface area contributed by atoms with Crippen LogP contribution in [-0.2, 0) is 12.8 Å². The number of halogens is 2. The highest BCUT2D eigenvalue weighted by Gasteiger charge is 2.24. The van der Waals surface area contributed by atoms with Gasteiger partial charge in [-0.05, 0) is 22.4 Å². The number of carbonyl (C=O) groups is 1. The summed E-state index contributed by atoms with van der Waals surface area (Å²) in [6.45, 7) is 0. The van der Waals surface area contributed by atoms with E-state index in [9.17, 15) is 4.79 Å². The maximum Gasteiger partial charge on any atom is 0.293 e. The van der Waals surface area contributed by atoms with Gasteiger partial charge in [-0.25, -0.2) is 10.1 Å². The van der Waals surface area contributed by atoms with Crippen molar-refractivity contribution in [1.82, 2.24) is 45.5 Å². The van der Waals surface area contributed by atoms with E-state index in [0.29, 0.717) is 26.5 Å². The fourth-order valence-corrected chi connectivity index (χ4v) is 3.81. The average molecular weight is 494 g/mol. The molecular formula is C16H13Cl2N11O2S. The number of hydrazone groups is 1. The minimum Gasteiger partial charge on any atom is -0.378 e. The molecule has 0 fully saturated rings. The van der Waals surface area contributed by atoms with Gasteiger partial charge in [0.05, 0.1) is 16.9 Å². The molecule has 164 valence electrons. The highest BCUT2D eigenvalue weighted by Crippen LogP contribution is 2.24. The second-order valence-electron chi connectivity index (χ2n) is 6.15. The first-order valence-corrected chi connectivity index (χ1v) is 10.5. The van der Waals surface area contributed by atoms with E-state index in [1.165, 1.54) is 22.7 Å². The number of aromatic nitrogens is 8. The van der Waals surface area contributed by atoms with Crippen molar-refractivity contribution in [3.05, 3.63) is 51.5 Å². The summed E-state index contributed by atoms with van der Waals surface area (Å²) in [7, 11) is 1.79. The molecule has 3 aromatic heterocycles. The summed E-state index contributed by atoms with van der Waals surface area (Å²) in [5.41, 5.74) is 9.12. The lowest BCUT2D eigenvalue weighted by Crippen LogP contribution is -2.20. The van der Waals surface area contributed by atoms with Gasteiger partial charge in [0.25, 0.3) is 5.91 Å². The molecule has 0 saturated carbocycles. The molecule has 16 heteroatoms. The summed E-state index contributed by atoms with van der Waals surface area (Å²) in [4.78, 5) is 12.8. The van der Waals surface area contributed by atoms with E-state index in [1.54, 1.807) is 36.1 Å². The van der Waals surface area contributed by atoms with E-state index in [2.05, 4.69) is 46.0 Å². The minimum atomic E-state index is -0.610. The number of hydrogen-bond donors (Lipinski definition) is 2. The molecule has 4 rings (SSSR count). The third-order valence-electron chi connectivity index (χ3n) is 4.01. The highest BCUT2D eigenvalue weighted by atomic mass is 35.5. The molecule has 0 unspecified atom stereocenters. The van der Waals surface area contributed by atoms with Gasteiger partial charge in [-0.15, -0.1) is 15.3 Å². The van der Waals surface area contributed by atoms with Gasteiger partial charge in [-0.2, -0.15) is 9.78 Å². The third kappa shape index (κ3) is 4.56. The first-order chi connectivity index (χ1) is 15.4. The lowest BCUT2D eigenvalue weighted by atomic mass is 10.2. The number of nitrogen functional groups attached to an aromatic ring is 1. The summed E-state index contributed by atoms with van der Waals surface area (Å²) >= 11 is 13.3. The van der Waals surface area contributed by atoms with Crippen molar-refractivity contribution in [1.29, 1.82) is 0 Å². The second kappa shape index (κ2) is 9.33. The Morgan fingerprint density at radius 2 is 2.19 bits per heavy atom. The van der Waals surface area contributed by atoms with Gasteiger partial charge in [0.1, 0.15) is 6.33 Å². The van der Waals surface area contributed by atoms with Crippen LogP contribution in [0.2, 0.25) is 10.0 Å². The Morgan fingerprint density at radius 3 is 2.88 bits per heavy atom. The number of nitrogens with zero attached hydrogens (tertiary/aromatic N) is 9. The summed E-state index contributed by atoms with van der Waals surface area (Å²) < 4.78 is 7.63. The molecule has 3 heterocycles. The van der Waals surface area contributed by atoms with Crippen LogP contribution in [0.1, 0.15) is 21.7 Å². The molecule has 13 nitrogen and oxygen atoms in total. The summed E-state index contributed by atoms with van der Waals surface area (Å²) in [5.74, 6) is -0.286. The molecule has 32 heavy (non-hydrogen) atoms. The summed E-state index contributed by atoms with van der Waals surface area (Å²) in [6.07, 6.45) is 2.94. The Bertz CT molecular complexity index is 1300. The second-order valence-corrected chi connectivity index (χ2v) is 7.93. The van der Waals surface area contributed by atoms with Gasteiger partial charge < -0.3 is 10.3 Å². The normalized spacial score (nSPS) is 11.3.